The van der Waals surface area contributed by atoms with Gasteiger partial charge in [-0.25, -0.2) is 4.79 Å². The van der Waals surface area contributed by atoms with E-state index in [1.54, 1.807) is 24.3 Å². The number of carboxylic acids is 1. The zero-order valence-corrected chi connectivity index (χ0v) is 19.6. The fourth-order valence-corrected chi connectivity index (χ4v) is 5.82. The molecule has 0 spiro atoms. The number of anilines is 1. The Morgan fingerprint density at radius 3 is 2.47 bits per heavy atom. The molecule has 0 saturated carbocycles. The van der Waals surface area contributed by atoms with Gasteiger partial charge in [-0.2, -0.15) is 0 Å². The number of nitrogens with one attached hydrogen (secondary N) is 1. The molecule has 0 radical (unpaired) electrons. The minimum absolute atomic E-state index is 0.128. The standard InChI is InChI=1S/C27H27NO5S/c29-25(18-7-9-21(10-8-18)33-22-11-13-32-14-12-22)28-26-24(27(30)31)23(16-34-26)20-6-5-17-3-1-2-4-19(17)15-20/h1-4,7-10,16,20,22H,5-6,11-15H2,(H,28,29)(H,30,31). The van der Waals surface area contributed by atoms with E-state index in [4.69, 9.17) is 9.47 Å². The highest BCUT2D eigenvalue weighted by atomic mass is 32.1. The van der Waals surface area contributed by atoms with E-state index in [-0.39, 0.29) is 23.5 Å². The molecule has 2 aliphatic rings. The van der Waals surface area contributed by atoms with Crippen LogP contribution in [-0.4, -0.2) is 36.3 Å². The average molecular weight is 478 g/mol. The van der Waals surface area contributed by atoms with Crippen LogP contribution in [0.5, 0.6) is 5.75 Å². The number of rotatable bonds is 6. The second-order valence-electron chi connectivity index (χ2n) is 8.82. The Hall–Kier alpha value is -3.16. The van der Waals surface area contributed by atoms with Crippen LogP contribution in [0.25, 0.3) is 0 Å². The quantitative estimate of drug-likeness (QED) is 0.488. The molecule has 2 heterocycles. The topological polar surface area (TPSA) is 84.9 Å². The van der Waals surface area contributed by atoms with Gasteiger partial charge >= 0.3 is 5.97 Å². The van der Waals surface area contributed by atoms with Crippen LogP contribution in [0.4, 0.5) is 5.00 Å². The third-order valence-electron chi connectivity index (χ3n) is 6.63. The van der Waals surface area contributed by atoms with Gasteiger partial charge in [0.2, 0.25) is 0 Å². The van der Waals surface area contributed by atoms with Crippen LogP contribution < -0.4 is 10.1 Å². The molecular formula is C27H27NO5S. The lowest BCUT2D eigenvalue weighted by atomic mass is 9.80. The normalized spacial score (nSPS) is 18.2. The lowest BCUT2D eigenvalue weighted by molar-refractivity contribution is 0.0255. The zero-order chi connectivity index (χ0) is 23.5. The molecule has 1 aliphatic carbocycles. The Morgan fingerprint density at radius 2 is 1.74 bits per heavy atom. The number of aryl methyl sites for hydroxylation is 1. The van der Waals surface area contributed by atoms with Crippen molar-refractivity contribution in [2.24, 2.45) is 0 Å². The molecule has 34 heavy (non-hydrogen) atoms. The summed E-state index contributed by atoms with van der Waals surface area (Å²) in [7, 11) is 0. The summed E-state index contributed by atoms with van der Waals surface area (Å²) >= 11 is 1.28. The van der Waals surface area contributed by atoms with Gasteiger partial charge in [-0.05, 0) is 71.5 Å². The molecule has 2 aromatic carbocycles. The van der Waals surface area contributed by atoms with Crippen LogP contribution in [0.2, 0.25) is 0 Å². The minimum atomic E-state index is -1.01. The average Bonchev–Trinajstić information content (AvgIpc) is 3.28. The molecule has 1 unspecified atom stereocenters. The summed E-state index contributed by atoms with van der Waals surface area (Å²) in [5.74, 6) is -0.497. The van der Waals surface area contributed by atoms with Crippen LogP contribution in [0.15, 0.2) is 53.9 Å². The predicted octanol–water partition coefficient (Wildman–Crippen LogP) is 5.53. The molecule has 2 N–H and O–H groups in total. The smallest absolute Gasteiger partial charge is 0.339 e. The first-order valence-electron chi connectivity index (χ1n) is 11.7. The Labute approximate surface area is 202 Å². The first-order chi connectivity index (χ1) is 16.6. The van der Waals surface area contributed by atoms with Gasteiger partial charge in [0.25, 0.3) is 5.91 Å². The van der Waals surface area contributed by atoms with Crippen LogP contribution in [0.1, 0.15) is 62.6 Å². The van der Waals surface area contributed by atoms with Gasteiger partial charge in [-0.15, -0.1) is 11.3 Å². The number of carbonyl (C=O) groups excluding carboxylic acids is 1. The van der Waals surface area contributed by atoms with E-state index in [1.807, 2.05) is 17.5 Å². The summed E-state index contributed by atoms with van der Waals surface area (Å²) in [6.07, 6.45) is 4.48. The maximum Gasteiger partial charge on any atom is 0.339 e. The van der Waals surface area contributed by atoms with Gasteiger partial charge in [0, 0.05) is 18.4 Å². The number of carbonyl (C=O) groups is 2. The third kappa shape index (κ3) is 4.86. The molecule has 5 rings (SSSR count). The van der Waals surface area contributed by atoms with Crippen LogP contribution >= 0.6 is 11.3 Å². The van der Waals surface area contributed by atoms with E-state index in [1.165, 1.54) is 22.5 Å². The molecule has 0 bridgehead atoms. The van der Waals surface area contributed by atoms with Crippen LogP contribution in [0, 0.1) is 0 Å². The van der Waals surface area contributed by atoms with Crippen molar-refractivity contribution in [3.8, 4) is 5.75 Å². The Morgan fingerprint density at radius 1 is 1.00 bits per heavy atom. The van der Waals surface area contributed by atoms with Gasteiger partial charge < -0.3 is 19.9 Å². The second-order valence-corrected chi connectivity index (χ2v) is 9.70. The number of thiophene rings is 1. The molecule has 1 fully saturated rings. The molecule has 3 aromatic rings. The maximum absolute atomic E-state index is 12.9. The highest BCUT2D eigenvalue weighted by molar-refractivity contribution is 7.15. The Kier molecular flexibility index (Phi) is 6.65. The molecule has 1 aromatic heterocycles. The number of hydrogen-bond donors (Lipinski definition) is 2. The van der Waals surface area contributed by atoms with Gasteiger partial charge in [0.15, 0.2) is 0 Å². The SMILES string of the molecule is O=C(Nc1scc(C2CCc3ccccc3C2)c1C(=O)O)c1ccc(OC2CCOCC2)cc1. The third-order valence-corrected chi connectivity index (χ3v) is 7.55. The first kappa shape index (κ1) is 22.6. The number of ether oxygens (including phenoxy) is 2. The number of carboxylic acid groups (broad SMARTS) is 1. The highest BCUT2D eigenvalue weighted by Crippen LogP contribution is 2.40. The lowest BCUT2D eigenvalue weighted by Gasteiger charge is -2.24. The van der Waals surface area contributed by atoms with E-state index in [0.29, 0.717) is 29.5 Å². The lowest BCUT2D eigenvalue weighted by Crippen LogP contribution is -2.25. The summed E-state index contributed by atoms with van der Waals surface area (Å²) in [5.41, 5.74) is 4.08. The van der Waals surface area contributed by atoms with Crippen molar-refractivity contribution in [1.29, 1.82) is 0 Å². The van der Waals surface area contributed by atoms with Crippen molar-refractivity contribution in [3.05, 3.63) is 81.7 Å². The monoisotopic (exact) mass is 477 g/mol. The number of aromatic carboxylic acids is 1. The first-order valence-corrected chi connectivity index (χ1v) is 12.5. The largest absolute Gasteiger partial charge is 0.490 e. The number of amides is 1. The zero-order valence-electron chi connectivity index (χ0n) is 18.8. The van der Waals surface area contributed by atoms with Gasteiger partial charge in [-0.3, -0.25) is 4.79 Å². The van der Waals surface area contributed by atoms with Crippen molar-refractivity contribution < 1.29 is 24.2 Å². The van der Waals surface area contributed by atoms with Crippen molar-refractivity contribution >= 4 is 28.2 Å². The van der Waals surface area contributed by atoms with Gasteiger partial charge in [-0.1, -0.05) is 24.3 Å². The Balaban J connectivity index is 1.29. The summed E-state index contributed by atoms with van der Waals surface area (Å²) in [4.78, 5) is 25.1. The molecule has 176 valence electrons. The minimum Gasteiger partial charge on any atom is -0.490 e. The fourth-order valence-electron chi connectivity index (χ4n) is 4.79. The molecule has 6 nitrogen and oxygen atoms in total. The van der Waals surface area contributed by atoms with E-state index in [2.05, 4.69) is 17.4 Å². The molecule has 1 saturated heterocycles. The Bertz CT molecular complexity index is 1180. The van der Waals surface area contributed by atoms with Crippen molar-refractivity contribution in [2.45, 2.75) is 44.1 Å². The fraction of sp³-hybridized carbons (Fsp3) is 0.333. The molecule has 7 heteroatoms. The van der Waals surface area contributed by atoms with Gasteiger partial charge in [0.05, 0.1) is 18.8 Å². The van der Waals surface area contributed by atoms with E-state index in [9.17, 15) is 14.7 Å². The van der Waals surface area contributed by atoms with Crippen LogP contribution in [-0.2, 0) is 17.6 Å². The van der Waals surface area contributed by atoms with Crippen LogP contribution in [0.3, 0.4) is 0 Å². The molecule has 1 aliphatic heterocycles. The molecular weight excluding hydrogens is 450 g/mol. The van der Waals surface area contributed by atoms with Crippen molar-refractivity contribution in [2.75, 3.05) is 18.5 Å². The van der Waals surface area contributed by atoms with E-state index < -0.39 is 5.97 Å². The number of hydrogen-bond acceptors (Lipinski definition) is 5. The number of benzene rings is 2. The van der Waals surface area contributed by atoms with Gasteiger partial charge in [0.1, 0.15) is 16.9 Å². The number of fused-ring (bicyclic) bond motifs is 1. The maximum atomic E-state index is 12.9. The van der Waals surface area contributed by atoms with E-state index in [0.717, 1.165) is 37.7 Å². The summed E-state index contributed by atoms with van der Waals surface area (Å²) in [6, 6.07) is 15.3. The summed E-state index contributed by atoms with van der Waals surface area (Å²) < 4.78 is 11.3. The van der Waals surface area contributed by atoms with Crippen molar-refractivity contribution in [1.82, 2.24) is 0 Å². The summed E-state index contributed by atoms with van der Waals surface area (Å²) in [5, 5.41) is 15.1. The second kappa shape index (κ2) is 9.99. The van der Waals surface area contributed by atoms with Crippen molar-refractivity contribution in [3.63, 3.8) is 0 Å². The van der Waals surface area contributed by atoms with E-state index >= 15 is 0 Å². The predicted molar refractivity (Wildman–Crippen MR) is 131 cm³/mol. The molecule has 1 amide bonds. The highest BCUT2D eigenvalue weighted by Gasteiger charge is 2.28. The summed E-state index contributed by atoms with van der Waals surface area (Å²) in [6.45, 7) is 1.40. The molecule has 1 atom stereocenters.